The Balaban J connectivity index is 2.44. The molecule has 3 nitrogen and oxygen atoms in total. The molecule has 0 radical (unpaired) electrons. The molecule has 14 heavy (non-hydrogen) atoms. The van der Waals surface area contributed by atoms with E-state index in [2.05, 4.69) is 9.97 Å². The summed E-state index contributed by atoms with van der Waals surface area (Å²) in [5.74, 6) is 0.742. The van der Waals surface area contributed by atoms with Crippen molar-refractivity contribution in [2.45, 2.75) is 0 Å². The average molecular weight is 207 g/mol. The molecule has 1 aromatic heterocycles. The van der Waals surface area contributed by atoms with Crippen LogP contribution in [0.5, 0.6) is 5.75 Å². The van der Waals surface area contributed by atoms with E-state index >= 15 is 0 Å². The molecule has 2 rings (SSSR count). The number of nitrogens with zero attached hydrogens (tertiary/aromatic N) is 2. The Morgan fingerprint density at radius 1 is 1.14 bits per heavy atom. The minimum absolute atomic E-state index is 0.195. The van der Waals surface area contributed by atoms with E-state index in [-0.39, 0.29) is 5.75 Å². The molecule has 0 amide bonds. The van der Waals surface area contributed by atoms with Gasteiger partial charge in [-0.05, 0) is 12.1 Å². The molecule has 1 aromatic carbocycles. The fourth-order valence-electron chi connectivity index (χ4n) is 1.11. The predicted octanol–water partition coefficient (Wildman–Crippen LogP) is 2.50. The smallest absolute Gasteiger partial charge is 0.159 e. The van der Waals surface area contributed by atoms with E-state index < -0.39 is 0 Å². The second-order valence-electron chi connectivity index (χ2n) is 2.78. The van der Waals surface area contributed by atoms with Crippen molar-refractivity contribution in [3.8, 4) is 17.1 Å². The molecular weight excluding hydrogens is 200 g/mol. The zero-order valence-corrected chi connectivity index (χ0v) is 7.94. The highest BCUT2D eigenvalue weighted by atomic mass is 35.5. The fraction of sp³-hybridized carbons (Fsp3) is 0. The van der Waals surface area contributed by atoms with Crippen molar-refractivity contribution in [1.82, 2.24) is 9.97 Å². The highest BCUT2D eigenvalue weighted by Crippen LogP contribution is 2.19. The first-order valence-corrected chi connectivity index (χ1v) is 4.40. The number of hydrogen-bond donors (Lipinski definition) is 1. The van der Waals surface area contributed by atoms with Gasteiger partial charge in [0.15, 0.2) is 5.82 Å². The lowest BCUT2D eigenvalue weighted by Gasteiger charge is -1.99. The number of halogens is 1. The standard InChI is InChI=1S/C10H7ClN2O/c11-8-5-12-10(13-6-8)7-2-1-3-9(14)4-7/h1-6,14H. The molecule has 2 aromatic rings. The van der Waals surface area contributed by atoms with Crippen LogP contribution in [0, 0.1) is 0 Å². The van der Waals surface area contributed by atoms with Gasteiger partial charge in [-0.2, -0.15) is 0 Å². The van der Waals surface area contributed by atoms with Crippen molar-refractivity contribution in [1.29, 1.82) is 0 Å². The van der Waals surface area contributed by atoms with Crippen molar-refractivity contribution < 1.29 is 5.11 Å². The summed E-state index contributed by atoms with van der Waals surface area (Å²) in [4.78, 5) is 8.07. The van der Waals surface area contributed by atoms with Gasteiger partial charge in [-0.3, -0.25) is 0 Å². The zero-order valence-electron chi connectivity index (χ0n) is 7.18. The Labute approximate surface area is 86.0 Å². The average Bonchev–Trinajstić information content (AvgIpc) is 2.19. The Kier molecular flexibility index (Phi) is 2.33. The molecule has 1 heterocycles. The first kappa shape index (κ1) is 8.97. The first-order valence-electron chi connectivity index (χ1n) is 4.02. The Morgan fingerprint density at radius 3 is 2.50 bits per heavy atom. The number of aromatic hydroxyl groups is 1. The fourth-order valence-corrected chi connectivity index (χ4v) is 1.20. The van der Waals surface area contributed by atoms with Crippen molar-refractivity contribution >= 4 is 11.6 Å². The van der Waals surface area contributed by atoms with Gasteiger partial charge in [-0.1, -0.05) is 23.7 Å². The summed E-state index contributed by atoms with van der Waals surface area (Å²) in [5.41, 5.74) is 0.765. The van der Waals surface area contributed by atoms with Gasteiger partial charge < -0.3 is 5.11 Å². The number of benzene rings is 1. The quantitative estimate of drug-likeness (QED) is 0.780. The summed E-state index contributed by atoms with van der Waals surface area (Å²) < 4.78 is 0. The van der Waals surface area contributed by atoms with Crippen LogP contribution >= 0.6 is 11.6 Å². The van der Waals surface area contributed by atoms with E-state index in [1.807, 2.05) is 6.07 Å². The molecule has 0 aliphatic heterocycles. The number of phenolic OH excluding ortho intramolecular Hbond substituents is 1. The third kappa shape index (κ3) is 1.83. The largest absolute Gasteiger partial charge is 0.508 e. The number of hydrogen-bond acceptors (Lipinski definition) is 3. The summed E-state index contributed by atoms with van der Waals surface area (Å²) in [5, 5.41) is 9.74. The minimum atomic E-state index is 0.195. The third-order valence-corrected chi connectivity index (χ3v) is 1.92. The molecule has 0 atom stereocenters. The minimum Gasteiger partial charge on any atom is -0.508 e. The van der Waals surface area contributed by atoms with Crippen molar-refractivity contribution in [3.63, 3.8) is 0 Å². The SMILES string of the molecule is Oc1cccc(-c2ncc(Cl)cn2)c1. The molecule has 0 aliphatic carbocycles. The molecule has 0 aliphatic rings. The molecule has 0 unspecified atom stereocenters. The topological polar surface area (TPSA) is 46.0 Å². The van der Waals surface area contributed by atoms with Gasteiger partial charge in [-0.15, -0.1) is 0 Å². The molecular formula is C10H7ClN2O. The molecule has 0 fully saturated rings. The summed E-state index contributed by atoms with van der Waals surface area (Å²) in [6.07, 6.45) is 3.04. The van der Waals surface area contributed by atoms with Crippen LogP contribution in [0.1, 0.15) is 0 Å². The van der Waals surface area contributed by atoms with Crippen LogP contribution < -0.4 is 0 Å². The summed E-state index contributed by atoms with van der Waals surface area (Å²) in [6.45, 7) is 0. The summed E-state index contributed by atoms with van der Waals surface area (Å²) in [7, 11) is 0. The van der Waals surface area contributed by atoms with E-state index in [1.165, 1.54) is 12.4 Å². The second-order valence-corrected chi connectivity index (χ2v) is 3.21. The maximum absolute atomic E-state index is 9.25. The highest BCUT2D eigenvalue weighted by molar-refractivity contribution is 6.30. The van der Waals surface area contributed by atoms with E-state index in [0.717, 1.165) is 5.56 Å². The second kappa shape index (κ2) is 3.64. The van der Waals surface area contributed by atoms with E-state index in [9.17, 15) is 5.11 Å². The summed E-state index contributed by atoms with van der Waals surface area (Å²) >= 11 is 5.66. The Hall–Kier alpha value is -1.61. The van der Waals surface area contributed by atoms with E-state index in [1.54, 1.807) is 18.2 Å². The lowest BCUT2D eigenvalue weighted by atomic mass is 10.2. The lowest BCUT2D eigenvalue weighted by Crippen LogP contribution is -1.86. The van der Waals surface area contributed by atoms with Gasteiger partial charge in [0.2, 0.25) is 0 Å². The molecule has 0 bridgehead atoms. The highest BCUT2D eigenvalue weighted by Gasteiger charge is 2.00. The molecule has 0 saturated heterocycles. The van der Waals surface area contributed by atoms with Crippen LogP contribution in [0.2, 0.25) is 5.02 Å². The number of phenols is 1. The molecule has 4 heteroatoms. The lowest BCUT2D eigenvalue weighted by molar-refractivity contribution is 0.475. The van der Waals surface area contributed by atoms with Crippen LogP contribution in [0.25, 0.3) is 11.4 Å². The molecule has 0 saturated carbocycles. The maximum atomic E-state index is 9.25. The van der Waals surface area contributed by atoms with Crippen LogP contribution in [-0.4, -0.2) is 15.1 Å². The van der Waals surface area contributed by atoms with Gasteiger partial charge in [0.05, 0.1) is 5.02 Å². The number of aromatic nitrogens is 2. The Morgan fingerprint density at radius 2 is 1.86 bits per heavy atom. The zero-order chi connectivity index (χ0) is 9.97. The van der Waals surface area contributed by atoms with Gasteiger partial charge in [0.1, 0.15) is 5.75 Å². The van der Waals surface area contributed by atoms with Gasteiger partial charge in [-0.25, -0.2) is 9.97 Å². The third-order valence-electron chi connectivity index (χ3n) is 1.72. The van der Waals surface area contributed by atoms with Crippen molar-refractivity contribution in [2.75, 3.05) is 0 Å². The predicted molar refractivity (Wildman–Crippen MR) is 54.1 cm³/mol. The summed E-state index contributed by atoms with van der Waals surface area (Å²) in [6, 6.07) is 6.76. The molecule has 0 spiro atoms. The monoisotopic (exact) mass is 206 g/mol. The molecule has 70 valence electrons. The van der Waals surface area contributed by atoms with E-state index in [4.69, 9.17) is 11.6 Å². The van der Waals surface area contributed by atoms with Crippen LogP contribution in [0.15, 0.2) is 36.7 Å². The van der Waals surface area contributed by atoms with Gasteiger partial charge in [0, 0.05) is 18.0 Å². The van der Waals surface area contributed by atoms with E-state index in [0.29, 0.717) is 10.8 Å². The first-order chi connectivity index (χ1) is 6.75. The maximum Gasteiger partial charge on any atom is 0.159 e. The molecule has 1 N–H and O–H groups in total. The van der Waals surface area contributed by atoms with Crippen LogP contribution in [0.3, 0.4) is 0 Å². The van der Waals surface area contributed by atoms with Crippen molar-refractivity contribution in [3.05, 3.63) is 41.7 Å². The Bertz CT molecular complexity index is 442. The van der Waals surface area contributed by atoms with Crippen LogP contribution in [0.4, 0.5) is 0 Å². The number of rotatable bonds is 1. The van der Waals surface area contributed by atoms with Crippen LogP contribution in [-0.2, 0) is 0 Å². The van der Waals surface area contributed by atoms with Crippen molar-refractivity contribution in [2.24, 2.45) is 0 Å². The normalized spacial score (nSPS) is 10.1. The van der Waals surface area contributed by atoms with Gasteiger partial charge in [0.25, 0.3) is 0 Å². The van der Waals surface area contributed by atoms with Gasteiger partial charge >= 0.3 is 0 Å².